The van der Waals surface area contributed by atoms with Gasteiger partial charge < -0.3 is 5.32 Å². The molecule has 12 heavy (non-hydrogen) atoms. The molecule has 1 nitrogen and oxygen atoms in total. The maximum absolute atomic E-state index is 13.7. The van der Waals surface area contributed by atoms with E-state index < -0.39 is 5.67 Å². The summed E-state index contributed by atoms with van der Waals surface area (Å²) in [6, 6.07) is 0. The first-order valence-electron chi connectivity index (χ1n) is 5.02. The zero-order valence-corrected chi connectivity index (χ0v) is 8.20. The lowest BCUT2D eigenvalue weighted by molar-refractivity contribution is 0.169. The van der Waals surface area contributed by atoms with Gasteiger partial charge in [0.15, 0.2) is 0 Å². The van der Waals surface area contributed by atoms with Gasteiger partial charge in [-0.25, -0.2) is 4.39 Å². The molecule has 1 aliphatic rings. The predicted molar refractivity (Wildman–Crippen MR) is 50.0 cm³/mol. The highest BCUT2D eigenvalue weighted by atomic mass is 19.1. The quantitative estimate of drug-likeness (QED) is 0.688. The number of hydrogen-bond acceptors (Lipinski definition) is 1. The molecule has 0 aliphatic carbocycles. The Balaban J connectivity index is 2.13. The van der Waals surface area contributed by atoms with E-state index in [9.17, 15) is 4.39 Å². The van der Waals surface area contributed by atoms with Crippen LogP contribution in [0.2, 0.25) is 0 Å². The van der Waals surface area contributed by atoms with Gasteiger partial charge in [0.1, 0.15) is 5.67 Å². The van der Waals surface area contributed by atoms with Crippen molar-refractivity contribution in [3.63, 3.8) is 0 Å². The Morgan fingerprint density at radius 3 is 2.75 bits per heavy atom. The molecule has 1 fully saturated rings. The molecule has 1 heterocycles. The first-order valence-corrected chi connectivity index (χ1v) is 5.02. The summed E-state index contributed by atoms with van der Waals surface area (Å²) in [5, 5.41) is 3.08. The Kier molecular flexibility index (Phi) is 3.51. The molecule has 0 aromatic rings. The van der Waals surface area contributed by atoms with E-state index in [1.165, 1.54) is 0 Å². The van der Waals surface area contributed by atoms with Crippen molar-refractivity contribution >= 4 is 0 Å². The van der Waals surface area contributed by atoms with Crippen molar-refractivity contribution in [1.82, 2.24) is 5.32 Å². The maximum Gasteiger partial charge on any atom is 0.124 e. The summed E-state index contributed by atoms with van der Waals surface area (Å²) in [6.07, 6.45) is 3.66. The van der Waals surface area contributed by atoms with Gasteiger partial charge in [-0.1, -0.05) is 20.3 Å². The van der Waals surface area contributed by atoms with Gasteiger partial charge in [-0.2, -0.15) is 0 Å². The minimum Gasteiger partial charge on any atom is -0.313 e. The van der Waals surface area contributed by atoms with Gasteiger partial charge in [0.05, 0.1) is 0 Å². The molecular weight excluding hydrogens is 153 g/mol. The van der Waals surface area contributed by atoms with Crippen LogP contribution in [0.3, 0.4) is 0 Å². The second kappa shape index (κ2) is 4.22. The van der Waals surface area contributed by atoms with E-state index in [-0.39, 0.29) is 0 Å². The third kappa shape index (κ3) is 3.10. The van der Waals surface area contributed by atoms with E-state index >= 15 is 0 Å². The summed E-state index contributed by atoms with van der Waals surface area (Å²) in [5.41, 5.74) is -0.880. The number of halogens is 1. The number of rotatable bonds is 4. The standard InChI is InChI=1S/C10H20FN/c1-9(2)4-3-5-10(11)6-7-12-8-10/h9,12H,3-8H2,1-2H3. The molecule has 2 heteroatoms. The van der Waals surface area contributed by atoms with Crippen LogP contribution in [-0.4, -0.2) is 18.8 Å². The molecule has 1 unspecified atom stereocenters. The highest BCUT2D eigenvalue weighted by Gasteiger charge is 2.32. The second-order valence-electron chi connectivity index (χ2n) is 4.36. The number of hydrogen-bond donors (Lipinski definition) is 1. The van der Waals surface area contributed by atoms with E-state index in [1.807, 2.05) is 0 Å². The fourth-order valence-corrected chi connectivity index (χ4v) is 1.75. The zero-order chi connectivity index (χ0) is 9.03. The first-order chi connectivity index (χ1) is 5.62. The van der Waals surface area contributed by atoms with Gasteiger partial charge in [0.25, 0.3) is 0 Å². The Morgan fingerprint density at radius 2 is 2.25 bits per heavy atom. The smallest absolute Gasteiger partial charge is 0.124 e. The Hall–Kier alpha value is -0.110. The van der Waals surface area contributed by atoms with Crippen molar-refractivity contribution in [3.8, 4) is 0 Å². The molecule has 0 amide bonds. The van der Waals surface area contributed by atoms with Crippen molar-refractivity contribution in [3.05, 3.63) is 0 Å². The molecule has 1 saturated heterocycles. The summed E-state index contributed by atoms with van der Waals surface area (Å²) in [4.78, 5) is 0. The molecule has 0 aromatic carbocycles. The van der Waals surface area contributed by atoms with Crippen LogP contribution in [0, 0.1) is 5.92 Å². The van der Waals surface area contributed by atoms with Crippen LogP contribution < -0.4 is 5.32 Å². The first kappa shape index (κ1) is 9.97. The van der Waals surface area contributed by atoms with E-state index in [0.717, 1.165) is 25.8 Å². The molecule has 1 atom stereocenters. The topological polar surface area (TPSA) is 12.0 Å². The lowest BCUT2D eigenvalue weighted by Gasteiger charge is -2.18. The predicted octanol–water partition coefficient (Wildman–Crippen LogP) is 2.51. The molecule has 72 valence electrons. The SMILES string of the molecule is CC(C)CCCC1(F)CCNC1. The molecule has 0 radical (unpaired) electrons. The minimum atomic E-state index is -0.880. The third-order valence-corrected chi connectivity index (χ3v) is 2.60. The monoisotopic (exact) mass is 173 g/mol. The van der Waals surface area contributed by atoms with Gasteiger partial charge in [-0.3, -0.25) is 0 Å². The normalized spacial score (nSPS) is 30.0. The summed E-state index contributed by atoms with van der Waals surface area (Å²) in [5.74, 6) is 0.711. The van der Waals surface area contributed by atoms with Crippen LogP contribution in [-0.2, 0) is 0 Å². The molecule has 0 aromatic heterocycles. The van der Waals surface area contributed by atoms with Crippen LogP contribution >= 0.6 is 0 Å². The van der Waals surface area contributed by atoms with Crippen molar-refractivity contribution < 1.29 is 4.39 Å². The minimum absolute atomic E-state index is 0.574. The molecule has 0 spiro atoms. The Bertz CT molecular complexity index is 128. The van der Waals surface area contributed by atoms with Crippen LogP contribution in [0.1, 0.15) is 39.5 Å². The lowest BCUT2D eigenvalue weighted by atomic mass is 9.95. The average molecular weight is 173 g/mol. The van der Waals surface area contributed by atoms with E-state index in [4.69, 9.17) is 0 Å². The van der Waals surface area contributed by atoms with Gasteiger partial charge in [0.2, 0.25) is 0 Å². The summed E-state index contributed by atoms with van der Waals surface area (Å²) >= 11 is 0. The van der Waals surface area contributed by atoms with Crippen LogP contribution in [0.25, 0.3) is 0 Å². The van der Waals surface area contributed by atoms with Crippen LogP contribution in [0.4, 0.5) is 4.39 Å². The van der Waals surface area contributed by atoms with Gasteiger partial charge in [-0.05, 0) is 31.7 Å². The van der Waals surface area contributed by atoms with E-state index in [1.54, 1.807) is 0 Å². The number of alkyl halides is 1. The number of nitrogens with one attached hydrogen (secondary N) is 1. The molecule has 1 aliphatic heterocycles. The van der Waals surface area contributed by atoms with Gasteiger partial charge >= 0.3 is 0 Å². The highest BCUT2D eigenvalue weighted by molar-refractivity contribution is 4.87. The van der Waals surface area contributed by atoms with E-state index in [2.05, 4.69) is 19.2 Å². The van der Waals surface area contributed by atoms with Crippen LogP contribution in [0.5, 0.6) is 0 Å². The largest absolute Gasteiger partial charge is 0.313 e. The van der Waals surface area contributed by atoms with Crippen molar-refractivity contribution in [2.24, 2.45) is 5.92 Å². The molecular formula is C10H20FN. The zero-order valence-electron chi connectivity index (χ0n) is 8.20. The van der Waals surface area contributed by atoms with E-state index in [0.29, 0.717) is 18.9 Å². The van der Waals surface area contributed by atoms with Crippen molar-refractivity contribution in [2.75, 3.05) is 13.1 Å². The molecule has 0 bridgehead atoms. The highest BCUT2D eigenvalue weighted by Crippen LogP contribution is 2.26. The third-order valence-electron chi connectivity index (χ3n) is 2.60. The summed E-state index contributed by atoms with van der Waals surface area (Å²) in [6.45, 7) is 5.82. The van der Waals surface area contributed by atoms with Gasteiger partial charge in [0, 0.05) is 6.54 Å². The summed E-state index contributed by atoms with van der Waals surface area (Å²) in [7, 11) is 0. The molecule has 0 saturated carbocycles. The molecule has 1 N–H and O–H groups in total. The Labute approximate surface area is 74.7 Å². The van der Waals surface area contributed by atoms with Crippen LogP contribution in [0.15, 0.2) is 0 Å². The van der Waals surface area contributed by atoms with Gasteiger partial charge in [-0.15, -0.1) is 0 Å². The Morgan fingerprint density at radius 1 is 1.50 bits per heavy atom. The maximum atomic E-state index is 13.7. The average Bonchev–Trinajstić information content (AvgIpc) is 2.35. The van der Waals surface area contributed by atoms with Crippen molar-refractivity contribution in [1.29, 1.82) is 0 Å². The fourth-order valence-electron chi connectivity index (χ4n) is 1.75. The lowest BCUT2D eigenvalue weighted by Crippen LogP contribution is -2.25. The summed E-state index contributed by atoms with van der Waals surface area (Å²) < 4.78 is 13.7. The second-order valence-corrected chi connectivity index (χ2v) is 4.36. The fraction of sp³-hybridized carbons (Fsp3) is 1.00. The van der Waals surface area contributed by atoms with Crippen molar-refractivity contribution in [2.45, 2.75) is 45.2 Å². The molecule has 1 rings (SSSR count).